The van der Waals surface area contributed by atoms with Gasteiger partial charge in [-0.2, -0.15) is 5.26 Å². The predicted molar refractivity (Wildman–Crippen MR) is 111 cm³/mol. The van der Waals surface area contributed by atoms with Crippen molar-refractivity contribution >= 4 is 23.6 Å². The van der Waals surface area contributed by atoms with Gasteiger partial charge in [0.25, 0.3) is 0 Å². The summed E-state index contributed by atoms with van der Waals surface area (Å²) in [6.45, 7) is 1.00. The van der Waals surface area contributed by atoms with Crippen LogP contribution in [0.15, 0.2) is 41.3 Å². The molecule has 2 aromatic rings. The second-order valence-electron chi connectivity index (χ2n) is 7.45. The second kappa shape index (κ2) is 8.26. The highest BCUT2D eigenvalue weighted by Crippen LogP contribution is 2.45. The van der Waals surface area contributed by atoms with Crippen LogP contribution in [0.5, 0.6) is 0 Å². The monoisotopic (exact) mass is 393 g/mol. The zero-order valence-corrected chi connectivity index (χ0v) is 16.4. The minimum absolute atomic E-state index is 0.276. The summed E-state index contributed by atoms with van der Waals surface area (Å²) in [4.78, 5) is 12.3. The number of nitrogens with one attached hydrogen (secondary N) is 2. The molecule has 144 valence electrons. The predicted octanol–water partition coefficient (Wildman–Crippen LogP) is 5.07. The molecule has 5 nitrogen and oxygen atoms in total. The Balaban J connectivity index is 1.61. The lowest BCUT2D eigenvalue weighted by molar-refractivity contribution is 0.0696. The Labute approximate surface area is 169 Å². The minimum atomic E-state index is -0.914. The van der Waals surface area contributed by atoms with Crippen molar-refractivity contribution in [2.24, 2.45) is 0 Å². The standard InChI is InChI=1S/C22H23N3O2S/c23-13-14-4-8-18(19-3-1-2-10-24-19)20(11-14)25-28-21-12-16(22(26)27)7-9-17(21)15-5-6-15/h4,7-9,11-12,15,19,24-25H,1-3,5-6,10H2,(H,26,27). The largest absolute Gasteiger partial charge is 0.478 e. The number of rotatable bonds is 6. The van der Waals surface area contributed by atoms with Crippen molar-refractivity contribution in [3.63, 3.8) is 0 Å². The fraction of sp³-hybridized carbons (Fsp3) is 0.364. The topological polar surface area (TPSA) is 85.2 Å². The number of nitriles is 1. The van der Waals surface area contributed by atoms with Crippen LogP contribution in [0.4, 0.5) is 5.69 Å². The van der Waals surface area contributed by atoms with E-state index < -0.39 is 5.97 Å². The van der Waals surface area contributed by atoms with Crippen molar-refractivity contribution < 1.29 is 9.90 Å². The van der Waals surface area contributed by atoms with Crippen molar-refractivity contribution in [1.29, 1.82) is 5.26 Å². The number of benzene rings is 2. The van der Waals surface area contributed by atoms with E-state index in [1.54, 1.807) is 12.1 Å². The summed E-state index contributed by atoms with van der Waals surface area (Å²) in [5.74, 6) is -0.389. The van der Waals surface area contributed by atoms with Gasteiger partial charge >= 0.3 is 5.97 Å². The van der Waals surface area contributed by atoms with E-state index in [0.29, 0.717) is 17.0 Å². The molecular weight excluding hydrogens is 370 g/mol. The van der Waals surface area contributed by atoms with Gasteiger partial charge in [0.1, 0.15) is 0 Å². The number of anilines is 1. The van der Waals surface area contributed by atoms with Gasteiger partial charge in [0.15, 0.2) is 0 Å². The molecule has 0 radical (unpaired) electrons. The third-order valence-corrected chi connectivity index (χ3v) is 6.31. The van der Waals surface area contributed by atoms with Gasteiger partial charge in [0.2, 0.25) is 0 Å². The third-order valence-electron chi connectivity index (χ3n) is 5.42. The molecule has 2 aromatic carbocycles. The van der Waals surface area contributed by atoms with Crippen molar-refractivity contribution in [2.75, 3.05) is 11.3 Å². The molecular formula is C22H23N3O2S. The molecule has 0 amide bonds. The van der Waals surface area contributed by atoms with Gasteiger partial charge < -0.3 is 15.1 Å². The Morgan fingerprint density at radius 2 is 1.96 bits per heavy atom. The van der Waals surface area contributed by atoms with Crippen molar-refractivity contribution in [3.05, 3.63) is 58.7 Å². The molecule has 4 rings (SSSR count). The van der Waals surface area contributed by atoms with Gasteiger partial charge in [0.05, 0.1) is 22.9 Å². The van der Waals surface area contributed by atoms with Crippen LogP contribution in [0.1, 0.15) is 71.1 Å². The zero-order valence-electron chi connectivity index (χ0n) is 15.6. The van der Waals surface area contributed by atoms with Crippen LogP contribution < -0.4 is 10.0 Å². The molecule has 1 aliphatic heterocycles. The third kappa shape index (κ3) is 4.16. The van der Waals surface area contributed by atoms with E-state index in [4.69, 9.17) is 0 Å². The van der Waals surface area contributed by atoms with Crippen molar-refractivity contribution in [1.82, 2.24) is 5.32 Å². The molecule has 1 unspecified atom stereocenters. The highest BCUT2D eigenvalue weighted by molar-refractivity contribution is 8.00. The van der Waals surface area contributed by atoms with E-state index in [0.717, 1.165) is 42.0 Å². The van der Waals surface area contributed by atoms with Crippen LogP contribution in [0.2, 0.25) is 0 Å². The number of hydrogen-bond donors (Lipinski definition) is 3. The summed E-state index contributed by atoms with van der Waals surface area (Å²) in [6, 6.07) is 13.6. The Bertz CT molecular complexity index is 928. The summed E-state index contributed by atoms with van der Waals surface area (Å²) in [5.41, 5.74) is 4.20. The van der Waals surface area contributed by atoms with Crippen LogP contribution in [-0.2, 0) is 0 Å². The van der Waals surface area contributed by atoms with Crippen LogP contribution in [0, 0.1) is 11.3 Å². The molecule has 0 bridgehead atoms. The van der Waals surface area contributed by atoms with Gasteiger partial charge in [0, 0.05) is 10.9 Å². The maximum absolute atomic E-state index is 11.4. The van der Waals surface area contributed by atoms with E-state index in [9.17, 15) is 15.2 Å². The lowest BCUT2D eigenvalue weighted by Crippen LogP contribution is -2.27. The number of carboxylic acids is 1. The summed E-state index contributed by atoms with van der Waals surface area (Å²) in [7, 11) is 0. The molecule has 1 heterocycles. The van der Waals surface area contributed by atoms with E-state index in [-0.39, 0.29) is 6.04 Å². The number of carboxylic acid groups (broad SMARTS) is 1. The van der Waals surface area contributed by atoms with Crippen molar-refractivity contribution in [2.45, 2.75) is 49.0 Å². The summed E-state index contributed by atoms with van der Waals surface area (Å²) < 4.78 is 3.42. The van der Waals surface area contributed by atoms with E-state index >= 15 is 0 Å². The lowest BCUT2D eigenvalue weighted by Gasteiger charge is -2.26. The molecule has 0 spiro atoms. The van der Waals surface area contributed by atoms with Crippen LogP contribution in [0.3, 0.4) is 0 Å². The van der Waals surface area contributed by atoms with Gasteiger partial charge in [-0.25, -0.2) is 4.79 Å². The highest BCUT2D eigenvalue weighted by atomic mass is 32.2. The first-order valence-corrected chi connectivity index (χ1v) is 10.5. The molecule has 3 N–H and O–H groups in total. The number of piperidine rings is 1. The number of carbonyl (C=O) groups is 1. The fourth-order valence-corrected chi connectivity index (χ4v) is 4.67. The number of hydrogen-bond acceptors (Lipinski definition) is 5. The number of aromatic carboxylic acids is 1. The first-order chi connectivity index (χ1) is 13.7. The molecule has 1 atom stereocenters. The van der Waals surface area contributed by atoms with Gasteiger partial charge in [-0.15, -0.1) is 0 Å². The highest BCUT2D eigenvalue weighted by Gasteiger charge is 2.27. The Hall–Kier alpha value is -2.49. The van der Waals surface area contributed by atoms with Gasteiger partial charge in [-0.1, -0.05) is 18.6 Å². The maximum atomic E-state index is 11.4. The van der Waals surface area contributed by atoms with Crippen LogP contribution in [0.25, 0.3) is 0 Å². The minimum Gasteiger partial charge on any atom is -0.478 e. The average molecular weight is 394 g/mol. The maximum Gasteiger partial charge on any atom is 0.335 e. The normalized spacial score (nSPS) is 19.0. The van der Waals surface area contributed by atoms with E-state index in [1.165, 1.54) is 30.4 Å². The quantitative estimate of drug-likeness (QED) is 0.594. The van der Waals surface area contributed by atoms with Gasteiger partial charge in [-0.3, -0.25) is 0 Å². The van der Waals surface area contributed by atoms with Crippen LogP contribution in [-0.4, -0.2) is 17.6 Å². The lowest BCUT2D eigenvalue weighted by atomic mass is 9.95. The summed E-state index contributed by atoms with van der Waals surface area (Å²) >= 11 is 1.45. The molecule has 28 heavy (non-hydrogen) atoms. The fourth-order valence-electron chi connectivity index (χ4n) is 3.73. The Morgan fingerprint density at radius 1 is 1.14 bits per heavy atom. The molecule has 2 fully saturated rings. The first-order valence-electron chi connectivity index (χ1n) is 9.73. The van der Waals surface area contributed by atoms with Crippen molar-refractivity contribution in [3.8, 4) is 6.07 Å². The summed E-state index contributed by atoms with van der Waals surface area (Å²) in [6.07, 6.45) is 5.77. The molecule has 6 heteroatoms. The van der Waals surface area contributed by atoms with Crippen LogP contribution >= 0.6 is 11.9 Å². The first kappa shape index (κ1) is 18.9. The smallest absolute Gasteiger partial charge is 0.335 e. The zero-order chi connectivity index (χ0) is 19.5. The van der Waals surface area contributed by atoms with E-state index in [2.05, 4.69) is 16.1 Å². The summed E-state index contributed by atoms with van der Waals surface area (Å²) in [5, 5.41) is 22.2. The molecule has 1 saturated heterocycles. The average Bonchev–Trinajstić information content (AvgIpc) is 3.57. The molecule has 2 aliphatic rings. The Kier molecular flexibility index (Phi) is 5.56. The Morgan fingerprint density at radius 3 is 2.64 bits per heavy atom. The molecule has 0 aromatic heterocycles. The SMILES string of the molecule is N#Cc1ccc(C2CCCCN2)c(NSc2cc(C(=O)O)ccc2C2CC2)c1. The van der Waals surface area contributed by atoms with E-state index in [1.807, 2.05) is 24.3 Å². The second-order valence-corrected chi connectivity index (χ2v) is 8.30. The molecule has 1 saturated carbocycles. The van der Waals surface area contributed by atoms with Gasteiger partial charge in [-0.05, 0) is 85.5 Å². The number of nitrogens with zero attached hydrogens (tertiary/aromatic N) is 1. The molecule has 1 aliphatic carbocycles.